The smallest absolute Gasteiger partial charge is 0.244 e. The number of methoxy groups -OCH3 is 2. The van der Waals surface area contributed by atoms with Gasteiger partial charge < -0.3 is 19.5 Å². The van der Waals surface area contributed by atoms with Gasteiger partial charge >= 0.3 is 0 Å². The maximum absolute atomic E-state index is 12.5. The Morgan fingerprint density at radius 1 is 1.15 bits per heavy atom. The average Bonchev–Trinajstić information content (AvgIpc) is 2.81. The maximum atomic E-state index is 12.5. The predicted molar refractivity (Wildman–Crippen MR) is 97.1 cm³/mol. The van der Waals surface area contributed by atoms with E-state index < -0.39 is 0 Å². The van der Waals surface area contributed by atoms with Gasteiger partial charge in [0, 0.05) is 11.8 Å². The number of carbonyl (C=O) groups is 2. The molecular weight excluding hydrogens is 336 g/mol. The zero-order chi connectivity index (χ0) is 18.5. The Morgan fingerprint density at radius 2 is 1.92 bits per heavy atom. The van der Waals surface area contributed by atoms with Crippen molar-refractivity contribution in [3.8, 4) is 17.2 Å². The number of amides is 2. The first-order valence-corrected chi connectivity index (χ1v) is 8.16. The van der Waals surface area contributed by atoms with Crippen molar-refractivity contribution in [1.82, 2.24) is 0 Å². The van der Waals surface area contributed by atoms with Gasteiger partial charge in [0.25, 0.3) is 0 Å². The summed E-state index contributed by atoms with van der Waals surface area (Å²) in [6.07, 6.45) is 0.221. The van der Waals surface area contributed by atoms with Crippen molar-refractivity contribution in [3.05, 3.63) is 42.5 Å². The number of nitrogens with zero attached hydrogens (tertiary/aromatic N) is 1. The molecule has 0 saturated heterocycles. The van der Waals surface area contributed by atoms with Gasteiger partial charge in [-0.2, -0.15) is 0 Å². The van der Waals surface area contributed by atoms with E-state index in [2.05, 4.69) is 5.32 Å². The van der Waals surface area contributed by atoms with E-state index in [4.69, 9.17) is 14.2 Å². The third-order valence-corrected chi connectivity index (χ3v) is 4.00. The summed E-state index contributed by atoms with van der Waals surface area (Å²) in [6.45, 7) is 0.192. The van der Waals surface area contributed by atoms with Crippen molar-refractivity contribution < 1.29 is 23.8 Å². The number of nitrogens with one attached hydrogen (secondary N) is 1. The molecule has 0 unspecified atom stereocenters. The number of benzene rings is 2. The van der Waals surface area contributed by atoms with E-state index >= 15 is 0 Å². The number of ether oxygens (including phenoxy) is 3. The molecule has 1 heterocycles. The van der Waals surface area contributed by atoms with Crippen LogP contribution < -0.4 is 24.4 Å². The molecule has 7 heteroatoms. The van der Waals surface area contributed by atoms with Crippen LogP contribution in [0.2, 0.25) is 0 Å². The number of hydrogen-bond donors (Lipinski definition) is 1. The lowest BCUT2D eigenvalue weighted by Gasteiger charge is -2.21. The highest BCUT2D eigenvalue weighted by molar-refractivity contribution is 6.03. The van der Waals surface area contributed by atoms with Crippen LogP contribution in [0.15, 0.2) is 42.5 Å². The summed E-state index contributed by atoms with van der Waals surface area (Å²) < 4.78 is 16.0. The van der Waals surface area contributed by atoms with Crippen molar-refractivity contribution >= 4 is 23.2 Å². The molecule has 1 N–H and O–H groups in total. The van der Waals surface area contributed by atoms with Gasteiger partial charge in [-0.3, -0.25) is 14.5 Å². The molecule has 136 valence electrons. The molecule has 3 rings (SSSR count). The van der Waals surface area contributed by atoms with Crippen molar-refractivity contribution in [2.24, 2.45) is 0 Å². The van der Waals surface area contributed by atoms with E-state index in [1.165, 1.54) is 12.0 Å². The number of fused-ring (bicyclic) bond motifs is 1. The Morgan fingerprint density at radius 3 is 2.69 bits per heavy atom. The second-order valence-electron chi connectivity index (χ2n) is 5.66. The van der Waals surface area contributed by atoms with Crippen LogP contribution in [0.1, 0.15) is 6.42 Å². The summed E-state index contributed by atoms with van der Waals surface area (Å²) in [5.41, 5.74) is 1.15. The first kappa shape index (κ1) is 17.6. The Labute approximate surface area is 151 Å². The number of hydrogen-bond acceptors (Lipinski definition) is 5. The second-order valence-corrected chi connectivity index (χ2v) is 5.66. The van der Waals surface area contributed by atoms with Crippen molar-refractivity contribution in [3.63, 3.8) is 0 Å². The Kier molecular flexibility index (Phi) is 5.26. The molecule has 0 aromatic heterocycles. The first-order chi connectivity index (χ1) is 12.6. The number of para-hydroxylation sites is 2. The van der Waals surface area contributed by atoms with E-state index in [1.807, 2.05) is 6.07 Å². The van der Waals surface area contributed by atoms with Crippen molar-refractivity contribution in [1.29, 1.82) is 0 Å². The summed E-state index contributed by atoms with van der Waals surface area (Å²) in [4.78, 5) is 26.3. The van der Waals surface area contributed by atoms with Crippen molar-refractivity contribution in [2.45, 2.75) is 6.42 Å². The fourth-order valence-corrected chi connectivity index (χ4v) is 2.75. The van der Waals surface area contributed by atoms with Crippen LogP contribution in [0, 0.1) is 0 Å². The maximum Gasteiger partial charge on any atom is 0.244 e. The molecule has 0 aliphatic carbocycles. The SMILES string of the molecule is COc1ccc(NC(=O)CN2C(=O)CCOc3ccccc32)cc1OC. The molecule has 1 aliphatic rings. The highest BCUT2D eigenvalue weighted by Gasteiger charge is 2.25. The molecule has 0 fully saturated rings. The van der Waals surface area contributed by atoms with Gasteiger partial charge in [-0.25, -0.2) is 0 Å². The summed E-state index contributed by atoms with van der Waals surface area (Å²) in [5.74, 6) is 1.20. The van der Waals surface area contributed by atoms with Gasteiger partial charge in [-0.1, -0.05) is 12.1 Å². The van der Waals surface area contributed by atoms with Gasteiger partial charge in [0.05, 0.1) is 32.9 Å². The third-order valence-electron chi connectivity index (χ3n) is 4.00. The quantitative estimate of drug-likeness (QED) is 0.890. The monoisotopic (exact) mass is 356 g/mol. The van der Waals surface area contributed by atoms with Crippen molar-refractivity contribution in [2.75, 3.05) is 37.6 Å². The van der Waals surface area contributed by atoms with E-state index in [1.54, 1.807) is 43.5 Å². The fraction of sp³-hybridized carbons (Fsp3) is 0.263. The highest BCUT2D eigenvalue weighted by Crippen LogP contribution is 2.32. The molecule has 2 amide bonds. The highest BCUT2D eigenvalue weighted by atomic mass is 16.5. The lowest BCUT2D eigenvalue weighted by molar-refractivity contribution is -0.121. The van der Waals surface area contributed by atoms with E-state index in [9.17, 15) is 9.59 Å². The number of rotatable bonds is 5. The number of carbonyl (C=O) groups excluding carboxylic acids is 2. The first-order valence-electron chi connectivity index (χ1n) is 8.16. The summed E-state index contributed by atoms with van der Waals surface area (Å²) in [6, 6.07) is 12.3. The van der Waals surface area contributed by atoms with Crippen LogP contribution in [-0.2, 0) is 9.59 Å². The summed E-state index contributed by atoms with van der Waals surface area (Å²) in [7, 11) is 3.07. The minimum absolute atomic E-state index is 0.104. The molecule has 0 saturated carbocycles. The van der Waals surface area contributed by atoms with E-state index in [-0.39, 0.29) is 24.8 Å². The largest absolute Gasteiger partial charge is 0.493 e. The molecule has 0 spiro atoms. The lowest BCUT2D eigenvalue weighted by atomic mass is 10.2. The second kappa shape index (κ2) is 7.77. The summed E-state index contributed by atoms with van der Waals surface area (Å²) >= 11 is 0. The van der Waals surface area contributed by atoms with E-state index in [0.29, 0.717) is 35.2 Å². The Hall–Kier alpha value is -3.22. The standard InChI is InChI=1S/C19H20N2O5/c1-24-16-8-7-13(11-17(16)25-2)20-18(22)12-21-14-5-3-4-6-15(14)26-10-9-19(21)23/h3-8,11H,9-10,12H2,1-2H3,(H,20,22). The van der Waals surface area contributed by atoms with Crippen LogP contribution in [-0.4, -0.2) is 39.2 Å². The van der Waals surface area contributed by atoms with Crippen LogP contribution in [0.5, 0.6) is 17.2 Å². The van der Waals surface area contributed by atoms with Gasteiger partial charge in [0.2, 0.25) is 11.8 Å². The minimum Gasteiger partial charge on any atom is -0.493 e. The molecule has 0 atom stereocenters. The van der Waals surface area contributed by atoms with Crippen LogP contribution in [0.3, 0.4) is 0 Å². The van der Waals surface area contributed by atoms with Gasteiger partial charge in [0.1, 0.15) is 12.3 Å². The fourth-order valence-electron chi connectivity index (χ4n) is 2.75. The molecule has 0 bridgehead atoms. The van der Waals surface area contributed by atoms with Gasteiger partial charge in [0.15, 0.2) is 11.5 Å². The molecule has 1 aliphatic heterocycles. The topological polar surface area (TPSA) is 77.1 Å². The predicted octanol–water partition coefficient (Wildman–Crippen LogP) is 2.46. The third kappa shape index (κ3) is 3.72. The van der Waals surface area contributed by atoms with Crippen LogP contribution >= 0.6 is 0 Å². The Balaban J connectivity index is 1.76. The molecular formula is C19H20N2O5. The zero-order valence-electron chi connectivity index (χ0n) is 14.7. The lowest BCUT2D eigenvalue weighted by Crippen LogP contribution is -2.37. The normalized spacial score (nSPS) is 13.3. The molecule has 2 aromatic rings. The molecule has 0 radical (unpaired) electrons. The zero-order valence-corrected chi connectivity index (χ0v) is 14.7. The van der Waals surface area contributed by atoms with E-state index in [0.717, 1.165) is 0 Å². The summed E-state index contributed by atoms with van der Waals surface area (Å²) in [5, 5.41) is 2.78. The minimum atomic E-state index is -0.317. The molecule has 7 nitrogen and oxygen atoms in total. The van der Waals surface area contributed by atoms with Crippen LogP contribution in [0.4, 0.5) is 11.4 Å². The van der Waals surface area contributed by atoms with Gasteiger partial charge in [-0.05, 0) is 24.3 Å². The average molecular weight is 356 g/mol. The van der Waals surface area contributed by atoms with Gasteiger partial charge in [-0.15, -0.1) is 0 Å². The molecule has 2 aromatic carbocycles. The van der Waals surface area contributed by atoms with Crippen LogP contribution in [0.25, 0.3) is 0 Å². The number of anilines is 2. The Bertz CT molecular complexity index is 821. The molecule has 26 heavy (non-hydrogen) atoms.